The van der Waals surface area contributed by atoms with E-state index in [4.69, 9.17) is 5.11 Å². The molecule has 0 aromatic heterocycles. The highest BCUT2D eigenvalue weighted by Gasteiger charge is 2.17. The first-order valence-corrected chi connectivity index (χ1v) is 6.26. The summed E-state index contributed by atoms with van der Waals surface area (Å²) in [7, 11) is 0. The van der Waals surface area contributed by atoms with Crippen molar-refractivity contribution in [2.45, 2.75) is 52.9 Å². The van der Waals surface area contributed by atoms with Gasteiger partial charge in [-0.3, -0.25) is 0 Å². The van der Waals surface area contributed by atoms with E-state index in [9.17, 15) is 4.79 Å². The van der Waals surface area contributed by atoms with Crippen molar-refractivity contribution in [2.24, 2.45) is 0 Å². The summed E-state index contributed by atoms with van der Waals surface area (Å²) < 4.78 is 0. The molecule has 0 saturated heterocycles. The molecule has 2 heteroatoms. The summed E-state index contributed by atoms with van der Waals surface area (Å²) in [6, 6.07) is 3.62. The maximum Gasteiger partial charge on any atom is 0.335 e. The van der Waals surface area contributed by atoms with Gasteiger partial charge in [-0.15, -0.1) is 0 Å². The molecule has 1 atom stereocenters. The molecule has 0 radical (unpaired) electrons. The van der Waals surface area contributed by atoms with Crippen LogP contribution in [0.2, 0.25) is 0 Å². The minimum absolute atomic E-state index is 0.358. The highest BCUT2D eigenvalue weighted by Crippen LogP contribution is 2.32. The van der Waals surface area contributed by atoms with Gasteiger partial charge >= 0.3 is 5.97 Å². The number of carbonyl (C=O) groups is 1. The molecule has 17 heavy (non-hydrogen) atoms. The largest absolute Gasteiger partial charge is 0.478 e. The summed E-state index contributed by atoms with van der Waals surface area (Å²) in [4.78, 5) is 11.1. The third kappa shape index (κ3) is 2.87. The van der Waals surface area contributed by atoms with Gasteiger partial charge < -0.3 is 5.11 Å². The lowest BCUT2D eigenvalue weighted by molar-refractivity contribution is 0.0696. The van der Waals surface area contributed by atoms with Gasteiger partial charge in [0.2, 0.25) is 0 Å². The van der Waals surface area contributed by atoms with E-state index >= 15 is 0 Å². The van der Waals surface area contributed by atoms with Crippen LogP contribution in [0.1, 0.15) is 73.0 Å². The predicted octanol–water partition coefficient (Wildman–Crippen LogP) is 4.33. The number of hydrogen-bond acceptors (Lipinski definition) is 1. The molecule has 0 aliphatic heterocycles. The van der Waals surface area contributed by atoms with E-state index < -0.39 is 5.97 Å². The van der Waals surface area contributed by atoms with E-state index in [0.29, 0.717) is 17.4 Å². The van der Waals surface area contributed by atoms with Gasteiger partial charge in [0.15, 0.2) is 0 Å². The molecule has 0 saturated carbocycles. The summed E-state index contributed by atoms with van der Waals surface area (Å²) in [6.07, 6.45) is 1.08. The Bertz CT molecular complexity index is 419. The summed E-state index contributed by atoms with van der Waals surface area (Å²) in [5, 5.41) is 9.10. The second kappa shape index (κ2) is 5.35. The molecule has 0 bridgehead atoms. The fraction of sp³-hybridized carbons (Fsp3) is 0.533. The van der Waals surface area contributed by atoms with Crippen molar-refractivity contribution in [3.05, 3.63) is 34.4 Å². The molecule has 0 aliphatic carbocycles. The SMILES string of the molecule is CCC(C)c1c(C)cc(C(=O)O)cc1C(C)C. The van der Waals surface area contributed by atoms with Crippen LogP contribution in [0, 0.1) is 6.92 Å². The second-order valence-electron chi connectivity index (χ2n) is 5.07. The van der Waals surface area contributed by atoms with Crippen LogP contribution in [0.15, 0.2) is 12.1 Å². The molecular formula is C15H22O2. The number of hydrogen-bond donors (Lipinski definition) is 1. The Labute approximate surface area is 104 Å². The molecule has 0 amide bonds. The molecule has 2 nitrogen and oxygen atoms in total. The monoisotopic (exact) mass is 234 g/mol. The van der Waals surface area contributed by atoms with Gasteiger partial charge in [0, 0.05) is 0 Å². The molecule has 94 valence electrons. The van der Waals surface area contributed by atoms with Crippen LogP contribution >= 0.6 is 0 Å². The normalized spacial score (nSPS) is 12.8. The van der Waals surface area contributed by atoms with Gasteiger partial charge in [0.25, 0.3) is 0 Å². The van der Waals surface area contributed by atoms with Crippen molar-refractivity contribution in [2.75, 3.05) is 0 Å². The minimum Gasteiger partial charge on any atom is -0.478 e. The maximum absolute atomic E-state index is 11.1. The highest BCUT2D eigenvalue weighted by molar-refractivity contribution is 5.88. The Kier molecular flexibility index (Phi) is 4.33. The van der Waals surface area contributed by atoms with Crippen LogP contribution in [0.5, 0.6) is 0 Å². The third-order valence-electron chi connectivity index (χ3n) is 3.39. The van der Waals surface area contributed by atoms with E-state index in [-0.39, 0.29) is 0 Å². The van der Waals surface area contributed by atoms with Crippen molar-refractivity contribution in [1.82, 2.24) is 0 Å². The average molecular weight is 234 g/mol. The molecule has 1 rings (SSSR count). The zero-order chi connectivity index (χ0) is 13.2. The first-order valence-electron chi connectivity index (χ1n) is 6.26. The first kappa shape index (κ1) is 13.8. The number of aryl methyl sites for hydroxylation is 1. The minimum atomic E-state index is -0.842. The molecule has 0 aliphatic rings. The summed E-state index contributed by atoms with van der Waals surface area (Å²) in [6.45, 7) is 10.6. The fourth-order valence-corrected chi connectivity index (χ4v) is 2.30. The van der Waals surface area contributed by atoms with Crippen molar-refractivity contribution < 1.29 is 9.90 Å². The van der Waals surface area contributed by atoms with Gasteiger partial charge in [-0.1, -0.05) is 27.7 Å². The number of carboxylic acid groups (broad SMARTS) is 1. The second-order valence-corrected chi connectivity index (χ2v) is 5.07. The highest BCUT2D eigenvalue weighted by atomic mass is 16.4. The summed E-state index contributed by atoms with van der Waals surface area (Å²) >= 11 is 0. The van der Waals surface area contributed by atoms with Gasteiger partial charge in [-0.25, -0.2) is 4.79 Å². The number of benzene rings is 1. The molecule has 1 aromatic carbocycles. The zero-order valence-corrected chi connectivity index (χ0v) is 11.4. The average Bonchev–Trinajstić information content (AvgIpc) is 2.26. The lowest BCUT2D eigenvalue weighted by Crippen LogP contribution is -2.07. The van der Waals surface area contributed by atoms with Crippen LogP contribution in [-0.2, 0) is 0 Å². The predicted molar refractivity (Wildman–Crippen MR) is 70.9 cm³/mol. The lowest BCUT2D eigenvalue weighted by Gasteiger charge is -2.21. The summed E-state index contributed by atoms with van der Waals surface area (Å²) in [5.41, 5.74) is 4.01. The Morgan fingerprint density at radius 2 is 1.88 bits per heavy atom. The Morgan fingerprint density at radius 1 is 1.29 bits per heavy atom. The smallest absolute Gasteiger partial charge is 0.335 e. The van der Waals surface area contributed by atoms with E-state index in [1.807, 2.05) is 13.0 Å². The van der Waals surface area contributed by atoms with Crippen LogP contribution in [0.3, 0.4) is 0 Å². The molecule has 1 unspecified atom stereocenters. The molecule has 1 aromatic rings. The van der Waals surface area contributed by atoms with Crippen molar-refractivity contribution in [3.63, 3.8) is 0 Å². The topological polar surface area (TPSA) is 37.3 Å². The van der Waals surface area contributed by atoms with E-state index in [0.717, 1.165) is 12.0 Å². The Morgan fingerprint density at radius 3 is 2.29 bits per heavy atom. The standard InChI is InChI=1S/C15H22O2/c1-6-10(4)14-11(5)7-12(15(16)17)8-13(14)9(2)3/h7-10H,6H2,1-5H3,(H,16,17). The number of carboxylic acids is 1. The first-order chi connectivity index (χ1) is 7.88. The van der Waals surface area contributed by atoms with Crippen LogP contribution in [0.25, 0.3) is 0 Å². The maximum atomic E-state index is 11.1. The van der Waals surface area contributed by atoms with Crippen LogP contribution in [0.4, 0.5) is 0 Å². The molecule has 0 fully saturated rings. The van der Waals surface area contributed by atoms with Gasteiger partial charge in [0.05, 0.1) is 5.56 Å². The Hall–Kier alpha value is -1.31. The quantitative estimate of drug-likeness (QED) is 0.841. The van der Waals surface area contributed by atoms with E-state index in [2.05, 4.69) is 27.7 Å². The van der Waals surface area contributed by atoms with Crippen molar-refractivity contribution in [3.8, 4) is 0 Å². The number of aromatic carboxylic acids is 1. The van der Waals surface area contributed by atoms with Crippen molar-refractivity contribution >= 4 is 5.97 Å². The molecular weight excluding hydrogens is 212 g/mol. The molecule has 0 heterocycles. The van der Waals surface area contributed by atoms with Crippen molar-refractivity contribution in [1.29, 1.82) is 0 Å². The van der Waals surface area contributed by atoms with Crippen LogP contribution in [-0.4, -0.2) is 11.1 Å². The Balaban J connectivity index is 3.43. The fourth-order valence-electron chi connectivity index (χ4n) is 2.30. The van der Waals surface area contributed by atoms with Crippen LogP contribution < -0.4 is 0 Å². The number of rotatable bonds is 4. The van der Waals surface area contributed by atoms with Gasteiger partial charge in [-0.05, 0) is 54.0 Å². The zero-order valence-electron chi connectivity index (χ0n) is 11.4. The lowest BCUT2D eigenvalue weighted by atomic mass is 9.84. The van der Waals surface area contributed by atoms with E-state index in [1.165, 1.54) is 11.1 Å². The van der Waals surface area contributed by atoms with E-state index in [1.54, 1.807) is 6.07 Å². The molecule has 1 N–H and O–H groups in total. The van der Waals surface area contributed by atoms with Gasteiger partial charge in [-0.2, -0.15) is 0 Å². The molecule has 0 spiro atoms. The van der Waals surface area contributed by atoms with Gasteiger partial charge in [0.1, 0.15) is 0 Å². The summed E-state index contributed by atoms with van der Waals surface area (Å²) in [5.74, 6) is -0.00190. The third-order valence-corrected chi connectivity index (χ3v) is 3.39.